The first kappa shape index (κ1) is 91.3. The van der Waals surface area contributed by atoms with Crippen molar-refractivity contribution in [2.24, 2.45) is 0 Å². The van der Waals surface area contributed by atoms with E-state index in [1.54, 1.807) is 0 Å². The highest BCUT2D eigenvalue weighted by molar-refractivity contribution is 5.76. The van der Waals surface area contributed by atoms with Gasteiger partial charge < -0.3 is 20.3 Å². The van der Waals surface area contributed by atoms with Crippen LogP contribution in [0.25, 0.3) is 0 Å². The molecule has 0 fully saturated rings. The number of allylic oxidation sites excluding steroid dienone is 4. The maximum absolute atomic E-state index is 12.6. The normalized spacial score (nSPS) is 12.5. The zero-order valence-electron chi connectivity index (χ0n) is 63.5. The molecule has 0 rings (SSSR count). The van der Waals surface area contributed by atoms with Gasteiger partial charge in [0.1, 0.15) is 0 Å². The van der Waals surface area contributed by atoms with Gasteiger partial charge in [0.25, 0.3) is 0 Å². The lowest BCUT2D eigenvalue weighted by Crippen LogP contribution is -2.45. The molecule has 0 aliphatic carbocycles. The van der Waals surface area contributed by atoms with E-state index in [-0.39, 0.29) is 18.5 Å². The minimum absolute atomic E-state index is 0.0156. The Hall–Kier alpha value is -1.66. The number of unbranched alkanes of at least 4 members (excludes halogenated alkanes) is 67. The summed E-state index contributed by atoms with van der Waals surface area (Å²) >= 11 is 0. The molecule has 0 saturated heterocycles. The lowest BCUT2D eigenvalue weighted by atomic mass is 10.0. The third-order valence-corrected chi connectivity index (χ3v) is 20.5. The van der Waals surface area contributed by atoms with Crippen molar-refractivity contribution < 1.29 is 24.5 Å². The predicted octanol–water partition coefficient (Wildman–Crippen LogP) is 28.8. The second-order valence-electron chi connectivity index (χ2n) is 29.9. The van der Waals surface area contributed by atoms with Crippen LogP contribution in [0.1, 0.15) is 495 Å². The van der Waals surface area contributed by atoms with E-state index in [1.165, 1.54) is 411 Å². The molecule has 0 bridgehead atoms. The highest BCUT2D eigenvalue weighted by Crippen LogP contribution is 2.21. The highest BCUT2D eigenvalue weighted by Gasteiger charge is 2.20. The standard InChI is InChI=1S/C87H169NO5/c1-3-5-7-9-11-13-15-17-19-21-23-24-25-35-38-41-44-47-51-55-59-63-67-71-75-79-85(90)84(83-89)88-86(91)80-76-72-68-64-60-56-52-48-45-42-39-36-33-31-29-27-26-28-30-32-34-37-40-43-46-50-54-58-62-66-70-74-78-82-93-87(92)81-77-73-69-65-61-57-53-49-22-20-18-16-14-12-10-8-6-4-2/h14,16,20,22,84-85,89-90H,3-13,15,17-19,21,23-83H2,1-2H3,(H,88,91)/b16-14-,22-20-. The number of carbonyl (C=O) groups is 2. The van der Waals surface area contributed by atoms with Crippen molar-refractivity contribution in [3.8, 4) is 0 Å². The molecule has 552 valence electrons. The zero-order chi connectivity index (χ0) is 67.0. The van der Waals surface area contributed by atoms with Gasteiger partial charge in [0, 0.05) is 12.8 Å². The molecule has 0 aliphatic rings. The van der Waals surface area contributed by atoms with Crippen molar-refractivity contribution in [1.82, 2.24) is 5.32 Å². The molecule has 0 aliphatic heterocycles. The first-order valence-corrected chi connectivity index (χ1v) is 43.1. The van der Waals surface area contributed by atoms with Crippen LogP contribution in [0.3, 0.4) is 0 Å². The fourth-order valence-electron chi connectivity index (χ4n) is 14.0. The van der Waals surface area contributed by atoms with Gasteiger partial charge in [-0.1, -0.05) is 449 Å². The highest BCUT2D eigenvalue weighted by atomic mass is 16.5. The summed E-state index contributed by atoms with van der Waals surface area (Å²) in [7, 11) is 0. The number of amides is 1. The number of hydrogen-bond donors (Lipinski definition) is 3. The van der Waals surface area contributed by atoms with Gasteiger partial charge in [0.05, 0.1) is 25.4 Å². The third-order valence-electron chi connectivity index (χ3n) is 20.5. The van der Waals surface area contributed by atoms with E-state index in [0.29, 0.717) is 25.9 Å². The number of aliphatic hydroxyl groups excluding tert-OH is 2. The Bertz CT molecular complexity index is 1460. The molecule has 0 saturated carbocycles. The molecule has 0 radical (unpaired) electrons. The molecular weight excluding hydrogens is 1140 g/mol. The van der Waals surface area contributed by atoms with E-state index in [9.17, 15) is 19.8 Å². The van der Waals surface area contributed by atoms with E-state index in [4.69, 9.17) is 4.74 Å². The van der Waals surface area contributed by atoms with Crippen LogP contribution < -0.4 is 5.32 Å². The molecule has 1 amide bonds. The van der Waals surface area contributed by atoms with Crippen LogP contribution in [0.15, 0.2) is 24.3 Å². The van der Waals surface area contributed by atoms with E-state index < -0.39 is 12.1 Å². The van der Waals surface area contributed by atoms with Crippen LogP contribution in [0.4, 0.5) is 0 Å². The molecule has 2 atom stereocenters. The van der Waals surface area contributed by atoms with E-state index in [1.807, 2.05) is 0 Å². The topological polar surface area (TPSA) is 95.9 Å². The number of hydrogen-bond acceptors (Lipinski definition) is 5. The summed E-state index contributed by atoms with van der Waals surface area (Å²) < 4.78 is 5.51. The summed E-state index contributed by atoms with van der Waals surface area (Å²) in [6.45, 7) is 5.00. The van der Waals surface area contributed by atoms with Gasteiger partial charge in [-0.25, -0.2) is 0 Å². The Balaban J connectivity index is 3.32. The van der Waals surface area contributed by atoms with Gasteiger partial charge >= 0.3 is 5.97 Å². The fourth-order valence-corrected chi connectivity index (χ4v) is 14.0. The first-order valence-electron chi connectivity index (χ1n) is 43.1. The lowest BCUT2D eigenvalue weighted by molar-refractivity contribution is -0.143. The largest absolute Gasteiger partial charge is 0.466 e. The summed E-state index contributed by atoms with van der Waals surface area (Å²) in [6, 6.07) is -0.539. The van der Waals surface area contributed by atoms with Crippen LogP contribution in [0.5, 0.6) is 0 Å². The summed E-state index contributed by atoms with van der Waals surface area (Å²) in [5.74, 6) is -0.00808. The smallest absolute Gasteiger partial charge is 0.305 e. The Labute approximate surface area is 583 Å². The quantitative estimate of drug-likeness (QED) is 0.0320. The van der Waals surface area contributed by atoms with Crippen molar-refractivity contribution in [2.75, 3.05) is 13.2 Å². The Morgan fingerprint density at radius 1 is 0.301 bits per heavy atom. The molecule has 0 spiro atoms. The molecule has 0 heterocycles. The molecule has 6 heteroatoms. The Morgan fingerprint density at radius 2 is 0.538 bits per heavy atom. The number of carbonyl (C=O) groups excluding carboxylic acids is 2. The minimum Gasteiger partial charge on any atom is -0.466 e. The van der Waals surface area contributed by atoms with Crippen molar-refractivity contribution in [2.45, 2.75) is 508 Å². The van der Waals surface area contributed by atoms with Crippen LogP contribution in [0, 0.1) is 0 Å². The van der Waals surface area contributed by atoms with Crippen LogP contribution >= 0.6 is 0 Å². The molecule has 0 aromatic rings. The number of rotatable bonds is 82. The van der Waals surface area contributed by atoms with E-state index in [0.717, 1.165) is 51.4 Å². The monoisotopic (exact) mass is 1310 g/mol. The van der Waals surface area contributed by atoms with Gasteiger partial charge in [-0.3, -0.25) is 9.59 Å². The number of nitrogens with one attached hydrogen (secondary N) is 1. The van der Waals surface area contributed by atoms with E-state index >= 15 is 0 Å². The van der Waals surface area contributed by atoms with Crippen LogP contribution in [-0.4, -0.2) is 47.4 Å². The van der Waals surface area contributed by atoms with Gasteiger partial charge in [-0.2, -0.15) is 0 Å². The average molecular weight is 1310 g/mol. The maximum atomic E-state index is 12.6. The average Bonchev–Trinajstić information content (AvgIpc) is 3.78. The predicted molar refractivity (Wildman–Crippen MR) is 412 cm³/mol. The number of esters is 1. The van der Waals surface area contributed by atoms with Gasteiger partial charge in [0.15, 0.2) is 0 Å². The van der Waals surface area contributed by atoms with Gasteiger partial charge in [-0.15, -0.1) is 0 Å². The van der Waals surface area contributed by atoms with Crippen molar-refractivity contribution >= 4 is 11.9 Å². The summed E-state index contributed by atoms with van der Waals surface area (Å²) in [4.78, 5) is 24.7. The SMILES string of the molecule is CCCCCC/C=C\C/C=C\CCCCCCCCCC(=O)OCCCCCCCCCCCCCCCCCCCCCCCCCCCCCCCCCCCC(=O)NC(CO)C(O)CCCCCCCCCCCCCCCCCCCCCCCCCCC. The molecule has 2 unspecified atom stereocenters. The maximum Gasteiger partial charge on any atom is 0.305 e. The summed E-state index contributed by atoms with van der Waals surface area (Å²) in [6.07, 6.45) is 107. The first-order chi connectivity index (χ1) is 46.0. The van der Waals surface area contributed by atoms with Crippen LogP contribution in [-0.2, 0) is 14.3 Å². The molecular formula is C87H169NO5. The number of ether oxygens (including phenoxy) is 1. The Kier molecular flexibility index (Phi) is 81.3. The van der Waals surface area contributed by atoms with E-state index in [2.05, 4.69) is 43.5 Å². The lowest BCUT2D eigenvalue weighted by Gasteiger charge is -2.22. The van der Waals surface area contributed by atoms with Crippen LogP contribution in [0.2, 0.25) is 0 Å². The fraction of sp³-hybridized carbons (Fsp3) is 0.931. The third kappa shape index (κ3) is 79.2. The molecule has 6 nitrogen and oxygen atoms in total. The van der Waals surface area contributed by atoms with Crippen molar-refractivity contribution in [3.05, 3.63) is 24.3 Å². The molecule has 0 aromatic heterocycles. The summed E-state index contributed by atoms with van der Waals surface area (Å²) in [5.41, 5.74) is 0. The minimum atomic E-state index is -0.663. The van der Waals surface area contributed by atoms with Gasteiger partial charge in [-0.05, 0) is 57.8 Å². The van der Waals surface area contributed by atoms with Gasteiger partial charge in [0.2, 0.25) is 5.91 Å². The van der Waals surface area contributed by atoms with Crippen molar-refractivity contribution in [3.63, 3.8) is 0 Å². The second-order valence-corrected chi connectivity index (χ2v) is 29.9. The summed E-state index contributed by atoms with van der Waals surface area (Å²) in [5, 5.41) is 23.5. The second kappa shape index (κ2) is 82.8. The number of aliphatic hydroxyl groups is 2. The molecule has 0 aromatic carbocycles. The molecule has 93 heavy (non-hydrogen) atoms. The zero-order valence-corrected chi connectivity index (χ0v) is 63.5. The Morgan fingerprint density at radius 3 is 0.828 bits per heavy atom. The molecule has 3 N–H and O–H groups in total. The van der Waals surface area contributed by atoms with Crippen molar-refractivity contribution in [1.29, 1.82) is 0 Å².